The number of piperidine rings is 1. The number of hydrogen-bond donors (Lipinski definition) is 1. The number of benzene rings is 1. The number of carbonyl (C=O) groups is 1. The predicted octanol–water partition coefficient (Wildman–Crippen LogP) is 2.28. The molecule has 1 amide bonds. The Balaban J connectivity index is 1.24. The molecule has 1 aromatic carbocycles. The van der Waals surface area contributed by atoms with Gasteiger partial charge in [-0.3, -0.25) is 14.2 Å². The number of hydrogen-bond acceptors (Lipinski definition) is 8. The Labute approximate surface area is 204 Å². The van der Waals surface area contributed by atoms with Gasteiger partial charge in [-0.1, -0.05) is 0 Å². The normalized spacial score (nSPS) is 13.3. The highest BCUT2D eigenvalue weighted by molar-refractivity contribution is 5.75. The lowest BCUT2D eigenvalue weighted by Crippen LogP contribution is -2.34. The third-order valence-corrected chi connectivity index (χ3v) is 5.64. The molecule has 1 aliphatic heterocycles. The fourth-order valence-corrected chi connectivity index (χ4v) is 3.85. The molecule has 0 atom stereocenters. The molecule has 0 radical (unpaired) electrons. The Bertz CT molecular complexity index is 1180. The van der Waals surface area contributed by atoms with Crippen molar-refractivity contribution in [1.29, 1.82) is 0 Å². The summed E-state index contributed by atoms with van der Waals surface area (Å²) in [5.74, 6) is 1.79. The molecule has 1 N–H and O–H groups in total. The van der Waals surface area contributed by atoms with E-state index in [1.165, 1.54) is 29.7 Å². The first-order chi connectivity index (χ1) is 17.1. The zero-order valence-corrected chi connectivity index (χ0v) is 19.9. The van der Waals surface area contributed by atoms with Gasteiger partial charge in [0.05, 0.1) is 25.2 Å². The van der Waals surface area contributed by atoms with Crippen LogP contribution < -0.4 is 25.2 Å². The minimum Gasteiger partial charge on any atom is -0.494 e. The van der Waals surface area contributed by atoms with Gasteiger partial charge in [0, 0.05) is 30.8 Å². The molecule has 10 nitrogen and oxygen atoms in total. The van der Waals surface area contributed by atoms with Gasteiger partial charge in [-0.25, -0.2) is 15.0 Å². The Morgan fingerprint density at radius 1 is 1.03 bits per heavy atom. The van der Waals surface area contributed by atoms with E-state index in [0.717, 1.165) is 43.1 Å². The van der Waals surface area contributed by atoms with Crippen LogP contribution in [0, 0.1) is 0 Å². The van der Waals surface area contributed by atoms with Crippen LogP contribution in [0.1, 0.15) is 26.2 Å². The first-order valence-electron chi connectivity index (χ1n) is 11.9. The second-order valence-corrected chi connectivity index (χ2v) is 8.16. The van der Waals surface area contributed by atoms with Gasteiger partial charge >= 0.3 is 0 Å². The minimum atomic E-state index is -0.304. The second-order valence-electron chi connectivity index (χ2n) is 8.16. The number of carbonyl (C=O) groups excluding carboxylic acids is 1. The summed E-state index contributed by atoms with van der Waals surface area (Å²) in [5, 5.41) is 2.75. The third kappa shape index (κ3) is 6.78. The molecule has 0 bridgehead atoms. The minimum absolute atomic E-state index is 0.123. The van der Waals surface area contributed by atoms with Gasteiger partial charge in [0.1, 0.15) is 31.0 Å². The molecule has 0 unspecified atom stereocenters. The number of nitrogens with one attached hydrogen (secondary N) is 1. The zero-order valence-electron chi connectivity index (χ0n) is 19.9. The summed E-state index contributed by atoms with van der Waals surface area (Å²) < 4.78 is 12.4. The average Bonchev–Trinajstić information content (AvgIpc) is 2.89. The average molecular weight is 479 g/mol. The number of nitrogens with zero attached hydrogens (tertiary/aromatic N) is 5. The van der Waals surface area contributed by atoms with E-state index in [9.17, 15) is 9.59 Å². The molecule has 3 heterocycles. The first-order valence-corrected chi connectivity index (χ1v) is 11.9. The third-order valence-electron chi connectivity index (χ3n) is 5.64. The molecule has 1 fully saturated rings. The molecule has 10 heteroatoms. The molecule has 1 aliphatic rings. The van der Waals surface area contributed by atoms with E-state index in [-0.39, 0.29) is 31.2 Å². The van der Waals surface area contributed by atoms with Crippen molar-refractivity contribution in [2.45, 2.75) is 32.7 Å². The number of amides is 1. The number of aromatic nitrogens is 4. The van der Waals surface area contributed by atoms with Gasteiger partial charge in [0.2, 0.25) is 11.8 Å². The van der Waals surface area contributed by atoms with E-state index in [0.29, 0.717) is 18.2 Å². The van der Waals surface area contributed by atoms with Crippen LogP contribution in [0.3, 0.4) is 0 Å². The Hall–Kier alpha value is -3.95. The van der Waals surface area contributed by atoms with Gasteiger partial charge in [-0.05, 0) is 50.5 Å². The smallest absolute Gasteiger partial charge is 0.254 e. The van der Waals surface area contributed by atoms with Crippen molar-refractivity contribution >= 4 is 11.7 Å². The molecule has 35 heavy (non-hydrogen) atoms. The molecular formula is C25H30N6O4. The molecule has 3 aromatic rings. The fourth-order valence-electron chi connectivity index (χ4n) is 3.85. The quantitative estimate of drug-likeness (QED) is 0.442. The molecule has 0 aliphatic carbocycles. The molecule has 4 rings (SSSR count). The Kier molecular flexibility index (Phi) is 8.26. The lowest BCUT2D eigenvalue weighted by molar-refractivity contribution is -0.121. The maximum absolute atomic E-state index is 12.5. The lowest BCUT2D eigenvalue weighted by Gasteiger charge is -2.27. The molecule has 184 valence electrons. The van der Waals surface area contributed by atoms with Crippen LogP contribution in [0.5, 0.6) is 11.6 Å². The van der Waals surface area contributed by atoms with Crippen LogP contribution in [0.4, 0.5) is 5.82 Å². The van der Waals surface area contributed by atoms with Crippen molar-refractivity contribution in [2.24, 2.45) is 0 Å². The van der Waals surface area contributed by atoms with Gasteiger partial charge in [0.15, 0.2) is 0 Å². The zero-order chi connectivity index (χ0) is 24.5. The van der Waals surface area contributed by atoms with Gasteiger partial charge < -0.3 is 19.7 Å². The van der Waals surface area contributed by atoms with E-state index in [1.54, 1.807) is 0 Å². The van der Waals surface area contributed by atoms with E-state index in [4.69, 9.17) is 9.47 Å². The molecular weight excluding hydrogens is 448 g/mol. The van der Waals surface area contributed by atoms with E-state index in [2.05, 4.69) is 25.2 Å². The number of rotatable bonds is 10. The summed E-state index contributed by atoms with van der Waals surface area (Å²) in [6, 6.07) is 10.6. The standard InChI is InChI=1S/C25H30N6O4/c1-2-34-20-8-6-19(7-9-20)21-14-25(33)31(18-29-21)16-23(32)26-10-13-35-24-15-22(27-17-28-24)30-11-4-3-5-12-30/h6-9,14-15,17-18H,2-5,10-13,16H2,1H3,(H,26,32). The van der Waals surface area contributed by atoms with E-state index < -0.39 is 0 Å². The summed E-state index contributed by atoms with van der Waals surface area (Å²) >= 11 is 0. The van der Waals surface area contributed by atoms with Crippen LogP contribution >= 0.6 is 0 Å². The number of ether oxygens (including phenoxy) is 2. The van der Waals surface area contributed by atoms with Crippen LogP contribution in [0.2, 0.25) is 0 Å². The molecule has 0 saturated carbocycles. The Morgan fingerprint density at radius 2 is 1.83 bits per heavy atom. The second kappa shape index (κ2) is 12.0. The van der Waals surface area contributed by atoms with Crippen molar-refractivity contribution in [3.05, 3.63) is 59.4 Å². The largest absolute Gasteiger partial charge is 0.494 e. The molecule has 0 spiro atoms. The van der Waals surface area contributed by atoms with Crippen molar-refractivity contribution < 1.29 is 14.3 Å². The van der Waals surface area contributed by atoms with Crippen LogP contribution in [0.15, 0.2) is 53.8 Å². The molecule has 2 aromatic heterocycles. The molecule has 1 saturated heterocycles. The maximum Gasteiger partial charge on any atom is 0.254 e. The van der Waals surface area contributed by atoms with E-state index in [1.807, 2.05) is 37.3 Å². The maximum atomic E-state index is 12.5. The predicted molar refractivity (Wildman–Crippen MR) is 132 cm³/mol. The highest BCUT2D eigenvalue weighted by atomic mass is 16.5. The van der Waals surface area contributed by atoms with Crippen LogP contribution in [-0.2, 0) is 11.3 Å². The van der Waals surface area contributed by atoms with Crippen LogP contribution in [-0.4, -0.2) is 58.3 Å². The van der Waals surface area contributed by atoms with Crippen molar-refractivity contribution in [2.75, 3.05) is 37.7 Å². The summed E-state index contributed by atoms with van der Waals surface area (Å²) in [6.07, 6.45) is 6.45. The highest BCUT2D eigenvalue weighted by Crippen LogP contribution is 2.20. The lowest BCUT2D eigenvalue weighted by atomic mass is 10.1. The monoisotopic (exact) mass is 478 g/mol. The van der Waals surface area contributed by atoms with E-state index >= 15 is 0 Å². The van der Waals surface area contributed by atoms with Crippen molar-refractivity contribution in [1.82, 2.24) is 24.8 Å². The summed E-state index contributed by atoms with van der Waals surface area (Å²) in [4.78, 5) is 39.8. The number of anilines is 1. The summed E-state index contributed by atoms with van der Waals surface area (Å²) in [7, 11) is 0. The fraction of sp³-hybridized carbons (Fsp3) is 0.400. The SMILES string of the molecule is CCOc1ccc(-c2cc(=O)n(CC(=O)NCCOc3cc(N4CCCCC4)ncn3)cn2)cc1. The summed E-state index contributed by atoms with van der Waals surface area (Å²) in [5.41, 5.74) is 1.03. The Morgan fingerprint density at radius 3 is 2.57 bits per heavy atom. The van der Waals surface area contributed by atoms with Crippen LogP contribution in [0.25, 0.3) is 11.3 Å². The first kappa shape index (κ1) is 24.2. The van der Waals surface area contributed by atoms with Gasteiger partial charge in [0.25, 0.3) is 5.56 Å². The summed E-state index contributed by atoms with van der Waals surface area (Å²) in [6.45, 7) is 4.90. The topological polar surface area (TPSA) is 111 Å². The van der Waals surface area contributed by atoms with Gasteiger partial charge in [-0.15, -0.1) is 0 Å². The highest BCUT2D eigenvalue weighted by Gasteiger charge is 2.13. The van der Waals surface area contributed by atoms with Crippen molar-refractivity contribution in [3.8, 4) is 22.9 Å². The van der Waals surface area contributed by atoms with Crippen molar-refractivity contribution in [3.63, 3.8) is 0 Å². The van der Waals surface area contributed by atoms with Gasteiger partial charge in [-0.2, -0.15) is 0 Å².